The summed E-state index contributed by atoms with van der Waals surface area (Å²) in [6.07, 6.45) is 2.06. The zero-order chi connectivity index (χ0) is 22.0. The Balaban J connectivity index is 2.01. The Hall–Kier alpha value is -3.15. The fourth-order valence-corrected chi connectivity index (χ4v) is 3.95. The second-order valence-corrected chi connectivity index (χ2v) is 8.19. The molecule has 6 heteroatoms. The molecule has 1 heterocycles. The van der Waals surface area contributed by atoms with Crippen LogP contribution < -0.4 is 25.6 Å². The lowest BCUT2D eigenvalue weighted by molar-refractivity contribution is -0.119. The van der Waals surface area contributed by atoms with Crippen molar-refractivity contribution in [2.45, 2.75) is 26.4 Å². The van der Waals surface area contributed by atoms with Gasteiger partial charge in [0.2, 0.25) is 5.91 Å². The standard InChI is InChI=1S/C24H32N4O2/c1-7-28(6)24-20(25)11-18(17-8-9-21(27(4)5)15(2)10-17)12-22(24)30-16(3)19-13-23(29)26-14-19/h7-12,16,19H,1,13-14,25H2,2-6H3,(H,26,29)/t16-,19-/m1/s1. The van der Waals surface area contributed by atoms with Crippen LogP contribution in [0.4, 0.5) is 17.1 Å². The Labute approximate surface area is 179 Å². The van der Waals surface area contributed by atoms with E-state index < -0.39 is 0 Å². The smallest absolute Gasteiger partial charge is 0.220 e. The quantitative estimate of drug-likeness (QED) is 0.682. The molecule has 1 amide bonds. The van der Waals surface area contributed by atoms with Gasteiger partial charge in [-0.2, -0.15) is 0 Å². The predicted molar refractivity (Wildman–Crippen MR) is 125 cm³/mol. The number of carbonyl (C=O) groups excluding carboxylic acids is 1. The molecule has 2 atom stereocenters. The number of nitrogens with one attached hydrogen (secondary N) is 1. The first kappa shape index (κ1) is 21.6. The third-order valence-electron chi connectivity index (χ3n) is 5.73. The van der Waals surface area contributed by atoms with E-state index in [0.29, 0.717) is 24.4 Å². The minimum atomic E-state index is -0.131. The van der Waals surface area contributed by atoms with Crippen LogP contribution in [0.5, 0.6) is 5.75 Å². The zero-order valence-corrected chi connectivity index (χ0v) is 18.5. The van der Waals surface area contributed by atoms with Crippen LogP contribution in [0, 0.1) is 12.8 Å². The molecule has 160 valence electrons. The second kappa shape index (κ2) is 8.69. The number of nitrogen functional groups attached to an aromatic ring is 1. The molecule has 1 fully saturated rings. The van der Waals surface area contributed by atoms with Gasteiger partial charge in [-0.15, -0.1) is 0 Å². The van der Waals surface area contributed by atoms with E-state index in [9.17, 15) is 4.79 Å². The van der Waals surface area contributed by atoms with Crippen molar-refractivity contribution in [1.29, 1.82) is 0 Å². The molecule has 1 aliphatic rings. The molecule has 0 aliphatic carbocycles. The van der Waals surface area contributed by atoms with E-state index in [1.165, 1.54) is 11.3 Å². The van der Waals surface area contributed by atoms with Gasteiger partial charge in [0.25, 0.3) is 0 Å². The highest BCUT2D eigenvalue weighted by molar-refractivity contribution is 5.83. The molecule has 2 aromatic carbocycles. The van der Waals surface area contributed by atoms with Crippen LogP contribution in [-0.4, -0.2) is 39.7 Å². The number of amides is 1. The number of benzene rings is 2. The van der Waals surface area contributed by atoms with Gasteiger partial charge in [0.15, 0.2) is 0 Å². The maximum atomic E-state index is 11.6. The van der Waals surface area contributed by atoms with Crippen LogP contribution in [0.3, 0.4) is 0 Å². The largest absolute Gasteiger partial charge is 0.488 e. The second-order valence-electron chi connectivity index (χ2n) is 8.19. The predicted octanol–water partition coefficient (Wildman–Crippen LogP) is 3.79. The van der Waals surface area contributed by atoms with Crippen LogP contribution in [-0.2, 0) is 4.79 Å². The van der Waals surface area contributed by atoms with E-state index in [2.05, 4.69) is 41.9 Å². The highest BCUT2D eigenvalue weighted by Crippen LogP contribution is 2.40. The van der Waals surface area contributed by atoms with Crippen LogP contribution >= 0.6 is 0 Å². The van der Waals surface area contributed by atoms with Gasteiger partial charge in [0, 0.05) is 45.7 Å². The average Bonchev–Trinajstić information content (AvgIpc) is 3.13. The Morgan fingerprint density at radius 3 is 2.53 bits per heavy atom. The number of hydrogen-bond donors (Lipinski definition) is 2. The third kappa shape index (κ3) is 4.37. The first-order chi connectivity index (χ1) is 14.2. The molecule has 3 rings (SSSR count). The number of carbonyl (C=O) groups is 1. The van der Waals surface area contributed by atoms with Crippen LogP contribution in [0.25, 0.3) is 11.1 Å². The van der Waals surface area contributed by atoms with Crippen LogP contribution in [0.2, 0.25) is 0 Å². The molecule has 6 nitrogen and oxygen atoms in total. The van der Waals surface area contributed by atoms with E-state index in [0.717, 1.165) is 16.8 Å². The number of rotatable bonds is 7. The number of nitrogens with zero attached hydrogens (tertiary/aromatic N) is 2. The summed E-state index contributed by atoms with van der Waals surface area (Å²) >= 11 is 0. The Bertz CT molecular complexity index is 954. The molecule has 0 spiro atoms. The Morgan fingerprint density at radius 2 is 1.97 bits per heavy atom. The summed E-state index contributed by atoms with van der Waals surface area (Å²) in [7, 11) is 5.97. The average molecular weight is 409 g/mol. The fraction of sp³-hybridized carbons (Fsp3) is 0.375. The van der Waals surface area contributed by atoms with Crippen molar-refractivity contribution in [2.75, 3.05) is 43.2 Å². The molecule has 3 N–H and O–H groups in total. The molecule has 0 radical (unpaired) electrons. The minimum Gasteiger partial charge on any atom is -0.488 e. The maximum absolute atomic E-state index is 11.6. The number of nitrogens with two attached hydrogens (primary N) is 1. The van der Waals surface area contributed by atoms with E-state index in [1.54, 1.807) is 6.20 Å². The van der Waals surface area contributed by atoms with Gasteiger partial charge < -0.3 is 25.6 Å². The fourth-order valence-electron chi connectivity index (χ4n) is 3.95. The molecule has 0 saturated carbocycles. The first-order valence-corrected chi connectivity index (χ1v) is 10.2. The monoisotopic (exact) mass is 408 g/mol. The van der Waals surface area contributed by atoms with Gasteiger partial charge in [-0.05, 0) is 61.0 Å². The molecule has 30 heavy (non-hydrogen) atoms. The molecule has 0 aromatic heterocycles. The van der Waals surface area contributed by atoms with Gasteiger partial charge >= 0.3 is 0 Å². The summed E-state index contributed by atoms with van der Waals surface area (Å²) in [6.45, 7) is 8.60. The normalized spacial score (nSPS) is 16.7. The Morgan fingerprint density at radius 1 is 1.23 bits per heavy atom. The van der Waals surface area contributed by atoms with Crippen molar-refractivity contribution in [3.8, 4) is 16.9 Å². The lowest BCUT2D eigenvalue weighted by Crippen LogP contribution is -2.26. The highest BCUT2D eigenvalue weighted by Gasteiger charge is 2.29. The Kier molecular flexibility index (Phi) is 6.25. The number of aryl methyl sites for hydroxylation is 1. The van der Waals surface area contributed by atoms with Gasteiger partial charge in [-0.3, -0.25) is 4.79 Å². The summed E-state index contributed by atoms with van der Waals surface area (Å²) in [5, 5.41) is 2.88. The van der Waals surface area contributed by atoms with Gasteiger partial charge in [-0.1, -0.05) is 12.6 Å². The summed E-state index contributed by atoms with van der Waals surface area (Å²) in [4.78, 5) is 15.6. The van der Waals surface area contributed by atoms with E-state index in [-0.39, 0.29) is 17.9 Å². The molecule has 0 unspecified atom stereocenters. The zero-order valence-electron chi connectivity index (χ0n) is 18.5. The van der Waals surface area contributed by atoms with Crippen molar-refractivity contribution in [3.63, 3.8) is 0 Å². The molecule has 2 aromatic rings. The van der Waals surface area contributed by atoms with Crippen LogP contribution in [0.15, 0.2) is 43.1 Å². The van der Waals surface area contributed by atoms with Gasteiger partial charge in [-0.25, -0.2) is 0 Å². The van der Waals surface area contributed by atoms with Gasteiger partial charge in [0.05, 0.1) is 5.69 Å². The third-order valence-corrected chi connectivity index (χ3v) is 5.73. The maximum Gasteiger partial charge on any atom is 0.220 e. The molecular weight excluding hydrogens is 376 g/mol. The van der Waals surface area contributed by atoms with E-state index in [1.807, 2.05) is 45.1 Å². The lowest BCUT2D eigenvalue weighted by atomic mass is 9.99. The summed E-state index contributed by atoms with van der Waals surface area (Å²) < 4.78 is 6.37. The minimum absolute atomic E-state index is 0.0728. The summed E-state index contributed by atoms with van der Waals surface area (Å²) in [5.41, 5.74) is 12.3. The van der Waals surface area contributed by atoms with Crippen molar-refractivity contribution >= 4 is 23.0 Å². The number of hydrogen-bond acceptors (Lipinski definition) is 5. The highest BCUT2D eigenvalue weighted by atomic mass is 16.5. The molecule has 1 aliphatic heterocycles. The van der Waals surface area contributed by atoms with E-state index in [4.69, 9.17) is 10.5 Å². The summed E-state index contributed by atoms with van der Waals surface area (Å²) in [5.74, 6) is 0.892. The summed E-state index contributed by atoms with van der Waals surface area (Å²) in [6, 6.07) is 10.4. The molecule has 0 bridgehead atoms. The van der Waals surface area contributed by atoms with Crippen LogP contribution in [0.1, 0.15) is 18.9 Å². The topological polar surface area (TPSA) is 70.8 Å². The SMILES string of the molecule is C=CN(C)c1c(N)cc(-c2ccc(N(C)C)c(C)c2)cc1O[C@H](C)[C@H]1CNC(=O)C1. The number of anilines is 3. The van der Waals surface area contributed by atoms with E-state index >= 15 is 0 Å². The van der Waals surface area contributed by atoms with Crippen molar-refractivity contribution in [2.24, 2.45) is 5.92 Å². The van der Waals surface area contributed by atoms with Gasteiger partial charge in [0.1, 0.15) is 17.5 Å². The van der Waals surface area contributed by atoms with Crippen molar-refractivity contribution in [1.82, 2.24) is 5.32 Å². The molecular formula is C24H32N4O2. The van der Waals surface area contributed by atoms with Crippen molar-refractivity contribution < 1.29 is 9.53 Å². The first-order valence-electron chi connectivity index (χ1n) is 10.2. The number of ether oxygens (including phenoxy) is 1. The molecule has 1 saturated heterocycles. The van der Waals surface area contributed by atoms with Crippen molar-refractivity contribution in [3.05, 3.63) is 48.7 Å². The lowest BCUT2D eigenvalue weighted by Gasteiger charge is -2.26.